The first-order valence-corrected chi connectivity index (χ1v) is 9.30. The van der Waals surface area contributed by atoms with Gasteiger partial charge < -0.3 is 5.32 Å². The summed E-state index contributed by atoms with van der Waals surface area (Å²) in [6.45, 7) is 3.89. The number of aromatic nitrogens is 3. The lowest BCUT2D eigenvalue weighted by Crippen LogP contribution is -2.27. The van der Waals surface area contributed by atoms with Gasteiger partial charge in [-0.1, -0.05) is 60.7 Å². The van der Waals surface area contributed by atoms with E-state index in [1.165, 1.54) is 0 Å². The van der Waals surface area contributed by atoms with Crippen LogP contribution < -0.4 is 5.32 Å². The summed E-state index contributed by atoms with van der Waals surface area (Å²) in [5.74, 6) is -0.128. The first kappa shape index (κ1) is 17.9. The highest BCUT2D eigenvalue weighted by atomic mass is 16.1. The third-order valence-electron chi connectivity index (χ3n) is 4.93. The lowest BCUT2D eigenvalue weighted by Gasteiger charge is -2.15. The smallest absolute Gasteiger partial charge is 0.252 e. The van der Waals surface area contributed by atoms with Crippen molar-refractivity contribution >= 4 is 16.9 Å². The Morgan fingerprint density at radius 2 is 1.68 bits per heavy atom. The minimum absolute atomic E-state index is 0.103. The van der Waals surface area contributed by atoms with Crippen molar-refractivity contribution in [2.45, 2.75) is 19.9 Å². The number of nitrogens with zero attached hydrogens (tertiary/aromatic N) is 3. The topological polar surface area (TPSA) is 59.8 Å². The number of benzene rings is 2. The van der Waals surface area contributed by atoms with E-state index in [0.717, 1.165) is 27.9 Å². The van der Waals surface area contributed by atoms with Crippen LogP contribution in [0.4, 0.5) is 0 Å². The minimum atomic E-state index is -0.128. The van der Waals surface area contributed by atoms with E-state index in [4.69, 9.17) is 4.98 Å². The first-order valence-electron chi connectivity index (χ1n) is 9.30. The zero-order chi connectivity index (χ0) is 19.7. The lowest BCUT2D eigenvalue weighted by molar-refractivity contribution is 0.0941. The third kappa shape index (κ3) is 3.27. The van der Waals surface area contributed by atoms with E-state index in [9.17, 15) is 4.79 Å². The molecule has 0 aliphatic rings. The van der Waals surface area contributed by atoms with Gasteiger partial charge in [-0.05, 0) is 25.5 Å². The molecule has 0 aliphatic carbocycles. The molecule has 1 N–H and O–H groups in total. The molecule has 0 fully saturated rings. The van der Waals surface area contributed by atoms with Crippen LogP contribution in [-0.2, 0) is 7.05 Å². The van der Waals surface area contributed by atoms with Crippen LogP contribution in [0.1, 0.15) is 34.6 Å². The average molecular weight is 370 g/mol. The average Bonchev–Trinajstić information content (AvgIpc) is 3.02. The highest BCUT2D eigenvalue weighted by molar-refractivity contribution is 6.07. The van der Waals surface area contributed by atoms with Crippen molar-refractivity contribution in [2.24, 2.45) is 7.05 Å². The van der Waals surface area contributed by atoms with E-state index in [-0.39, 0.29) is 11.9 Å². The maximum Gasteiger partial charge on any atom is 0.252 e. The van der Waals surface area contributed by atoms with Gasteiger partial charge >= 0.3 is 0 Å². The summed E-state index contributed by atoms with van der Waals surface area (Å²) in [5, 5.41) is 8.39. The number of pyridine rings is 1. The molecule has 0 spiro atoms. The summed E-state index contributed by atoms with van der Waals surface area (Å²) >= 11 is 0. The van der Waals surface area contributed by atoms with Crippen LogP contribution in [0.3, 0.4) is 0 Å². The number of amides is 1. The van der Waals surface area contributed by atoms with Crippen LogP contribution in [0.25, 0.3) is 22.3 Å². The Morgan fingerprint density at radius 3 is 2.36 bits per heavy atom. The molecule has 0 radical (unpaired) electrons. The van der Waals surface area contributed by atoms with E-state index < -0.39 is 0 Å². The number of hydrogen-bond donors (Lipinski definition) is 1. The maximum absolute atomic E-state index is 13.2. The van der Waals surface area contributed by atoms with Gasteiger partial charge in [0.15, 0.2) is 5.65 Å². The molecule has 0 bridgehead atoms. The lowest BCUT2D eigenvalue weighted by atomic mass is 10.0. The van der Waals surface area contributed by atoms with E-state index in [1.54, 1.807) is 4.68 Å². The second-order valence-corrected chi connectivity index (χ2v) is 6.93. The summed E-state index contributed by atoms with van der Waals surface area (Å²) in [4.78, 5) is 18.0. The van der Waals surface area contributed by atoms with Crippen LogP contribution in [0.2, 0.25) is 0 Å². The van der Waals surface area contributed by atoms with Gasteiger partial charge in [-0.2, -0.15) is 5.10 Å². The van der Waals surface area contributed by atoms with Gasteiger partial charge in [0, 0.05) is 12.6 Å². The van der Waals surface area contributed by atoms with Crippen LogP contribution in [-0.4, -0.2) is 20.7 Å². The van der Waals surface area contributed by atoms with Gasteiger partial charge in [-0.25, -0.2) is 4.98 Å². The molecule has 140 valence electrons. The second kappa shape index (κ2) is 7.27. The summed E-state index contributed by atoms with van der Waals surface area (Å²) in [5.41, 5.74) is 4.88. The molecule has 0 unspecified atom stereocenters. The summed E-state index contributed by atoms with van der Waals surface area (Å²) in [6, 6.07) is 21.6. The number of carbonyl (C=O) groups excluding carboxylic acids is 1. The van der Waals surface area contributed by atoms with Crippen molar-refractivity contribution in [3.8, 4) is 11.3 Å². The molecule has 1 atom stereocenters. The predicted molar refractivity (Wildman–Crippen MR) is 111 cm³/mol. The molecule has 4 aromatic rings. The molecule has 2 aromatic carbocycles. The van der Waals surface area contributed by atoms with Crippen LogP contribution in [0.15, 0.2) is 66.7 Å². The molecule has 2 aromatic heterocycles. The second-order valence-electron chi connectivity index (χ2n) is 6.93. The van der Waals surface area contributed by atoms with Crippen molar-refractivity contribution in [1.82, 2.24) is 20.1 Å². The monoisotopic (exact) mass is 370 g/mol. The van der Waals surface area contributed by atoms with E-state index in [0.29, 0.717) is 11.2 Å². The van der Waals surface area contributed by atoms with Crippen LogP contribution >= 0.6 is 0 Å². The van der Waals surface area contributed by atoms with Crippen molar-refractivity contribution in [2.75, 3.05) is 0 Å². The van der Waals surface area contributed by atoms with Crippen molar-refractivity contribution in [3.63, 3.8) is 0 Å². The van der Waals surface area contributed by atoms with Crippen LogP contribution in [0.5, 0.6) is 0 Å². The third-order valence-corrected chi connectivity index (χ3v) is 4.93. The number of carbonyl (C=O) groups is 1. The van der Waals surface area contributed by atoms with Gasteiger partial charge in [0.2, 0.25) is 0 Å². The van der Waals surface area contributed by atoms with Gasteiger partial charge in [-0.3, -0.25) is 9.48 Å². The predicted octanol–water partition coefficient (Wildman–Crippen LogP) is 4.43. The van der Waals surface area contributed by atoms with Crippen molar-refractivity contribution in [3.05, 3.63) is 83.6 Å². The summed E-state index contributed by atoms with van der Waals surface area (Å²) in [6.07, 6.45) is 0. The Bertz CT molecular complexity index is 1130. The number of nitrogens with one attached hydrogen (secondary N) is 1. The maximum atomic E-state index is 13.2. The summed E-state index contributed by atoms with van der Waals surface area (Å²) < 4.78 is 1.73. The molecule has 5 heteroatoms. The first-order chi connectivity index (χ1) is 13.5. The van der Waals surface area contributed by atoms with E-state index in [1.807, 2.05) is 87.6 Å². The SMILES string of the molecule is Cc1nn(C)c2nc(-c3ccccc3)cc(C(=O)N[C@@H](C)c3ccccc3)c12. The minimum Gasteiger partial charge on any atom is -0.345 e. The fourth-order valence-corrected chi connectivity index (χ4v) is 3.48. The zero-order valence-electron chi connectivity index (χ0n) is 16.2. The highest BCUT2D eigenvalue weighted by Crippen LogP contribution is 2.27. The fraction of sp³-hybridized carbons (Fsp3) is 0.174. The Balaban J connectivity index is 1.79. The quantitative estimate of drug-likeness (QED) is 0.578. The summed E-state index contributed by atoms with van der Waals surface area (Å²) in [7, 11) is 1.85. The Morgan fingerprint density at radius 1 is 1.04 bits per heavy atom. The Hall–Kier alpha value is -3.47. The zero-order valence-corrected chi connectivity index (χ0v) is 16.2. The highest BCUT2D eigenvalue weighted by Gasteiger charge is 2.20. The standard InChI is InChI=1S/C23H22N4O/c1-15(17-10-6-4-7-11-17)24-23(28)19-14-20(18-12-8-5-9-13-18)25-22-21(19)16(2)26-27(22)3/h4-15H,1-3H3,(H,24,28)/t15-/m0/s1. The number of fused-ring (bicyclic) bond motifs is 1. The van der Waals surface area contributed by atoms with Crippen LogP contribution in [0, 0.1) is 6.92 Å². The Labute approximate surface area is 164 Å². The molecule has 2 heterocycles. The van der Waals surface area contributed by atoms with Gasteiger partial charge in [0.25, 0.3) is 5.91 Å². The molecular weight excluding hydrogens is 348 g/mol. The van der Waals surface area contributed by atoms with Crippen molar-refractivity contribution < 1.29 is 4.79 Å². The molecule has 0 aliphatic heterocycles. The largest absolute Gasteiger partial charge is 0.345 e. The number of aryl methyl sites for hydroxylation is 2. The molecule has 0 saturated heterocycles. The molecule has 5 nitrogen and oxygen atoms in total. The number of hydrogen-bond acceptors (Lipinski definition) is 3. The van der Waals surface area contributed by atoms with E-state index >= 15 is 0 Å². The molecule has 1 amide bonds. The molecular formula is C23H22N4O. The molecule has 0 saturated carbocycles. The van der Waals surface area contributed by atoms with Crippen molar-refractivity contribution in [1.29, 1.82) is 0 Å². The fourth-order valence-electron chi connectivity index (χ4n) is 3.48. The van der Waals surface area contributed by atoms with E-state index in [2.05, 4.69) is 10.4 Å². The van der Waals surface area contributed by atoms with Gasteiger partial charge in [0.05, 0.1) is 28.4 Å². The molecule has 28 heavy (non-hydrogen) atoms. The number of rotatable bonds is 4. The Kier molecular flexibility index (Phi) is 4.65. The van der Waals surface area contributed by atoms with Gasteiger partial charge in [-0.15, -0.1) is 0 Å². The molecule has 4 rings (SSSR count). The van der Waals surface area contributed by atoms with Gasteiger partial charge in [0.1, 0.15) is 0 Å². The normalized spacial score (nSPS) is 12.1.